The van der Waals surface area contributed by atoms with Gasteiger partial charge in [0.25, 0.3) is 0 Å². The molecular formula is C20H26FN3O2S. The maximum Gasteiger partial charge on any atom is 0.240 e. The number of halogens is 1. The van der Waals surface area contributed by atoms with Crippen LogP contribution in [-0.2, 0) is 10.0 Å². The average Bonchev–Trinajstić information content (AvgIpc) is 2.65. The Labute approximate surface area is 160 Å². The number of sulfonamides is 1. The predicted octanol–water partition coefficient (Wildman–Crippen LogP) is 2.54. The number of nitrogens with zero attached hydrogens (tertiary/aromatic N) is 2. The molecular weight excluding hydrogens is 365 g/mol. The second-order valence-corrected chi connectivity index (χ2v) is 8.69. The Balaban J connectivity index is 1.49. The maximum absolute atomic E-state index is 13.9. The van der Waals surface area contributed by atoms with Crippen molar-refractivity contribution in [1.29, 1.82) is 0 Å². The molecule has 1 N–H and O–H groups in total. The van der Waals surface area contributed by atoms with Crippen LogP contribution in [0.3, 0.4) is 0 Å². The third kappa shape index (κ3) is 4.86. The van der Waals surface area contributed by atoms with Crippen LogP contribution in [0.2, 0.25) is 0 Å². The third-order valence-electron chi connectivity index (χ3n) is 5.07. The second-order valence-electron chi connectivity index (χ2n) is 6.92. The van der Waals surface area contributed by atoms with Gasteiger partial charge in [0.2, 0.25) is 10.0 Å². The molecule has 27 heavy (non-hydrogen) atoms. The highest BCUT2D eigenvalue weighted by molar-refractivity contribution is 7.89. The van der Waals surface area contributed by atoms with Crippen molar-refractivity contribution in [3.8, 4) is 0 Å². The van der Waals surface area contributed by atoms with Crippen LogP contribution in [0.1, 0.15) is 11.1 Å². The van der Waals surface area contributed by atoms with Gasteiger partial charge in [-0.05, 0) is 49.2 Å². The molecule has 2 aromatic carbocycles. The summed E-state index contributed by atoms with van der Waals surface area (Å²) in [5.74, 6) is -0.202. The number of para-hydroxylation sites is 1. The number of anilines is 1. The minimum absolute atomic E-state index is 0.202. The first-order valence-corrected chi connectivity index (χ1v) is 10.6. The molecule has 0 amide bonds. The van der Waals surface area contributed by atoms with Gasteiger partial charge in [0.15, 0.2) is 0 Å². The zero-order valence-electron chi connectivity index (χ0n) is 15.8. The van der Waals surface area contributed by atoms with Crippen LogP contribution in [0.15, 0.2) is 47.4 Å². The van der Waals surface area contributed by atoms with Crippen molar-refractivity contribution in [2.45, 2.75) is 18.7 Å². The number of hydrogen-bond acceptors (Lipinski definition) is 4. The van der Waals surface area contributed by atoms with E-state index < -0.39 is 10.0 Å². The van der Waals surface area contributed by atoms with Gasteiger partial charge in [0.1, 0.15) is 5.82 Å². The highest BCUT2D eigenvalue weighted by atomic mass is 32.2. The molecule has 0 atom stereocenters. The summed E-state index contributed by atoms with van der Waals surface area (Å²) in [5.41, 5.74) is 2.66. The molecule has 0 aromatic heterocycles. The van der Waals surface area contributed by atoms with Gasteiger partial charge in [-0.3, -0.25) is 4.90 Å². The number of benzene rings is 2. The van der Waals surface area contributed by atoms with Crippen LogP contribution in [0.5, 0.6) is 0 Å². The first-order valence-electron chi connectivity index (χ1n) is 9.15. The lowest BCUT2D eigenvalue weighted by Gasteiger charge is -2.36. The van der Waals surface area contributed by atoms with Gasteiger partial charge < -0.3 is 4.90 Å². The molecule has 1 aliphatic rings. The van der Waals surface area contributed by atoms with Gasteiger partial charge in [0, 0.05) is 39.3 Å². The van der Waals surface area contributed by atoms with Crippen molar-refractivity contribution >= 4 is 15.7 Å². The summed E-state index contributed by atoms with van der Waals surface area (Å²) >= 11 is 0. The van der Waals surface area contributed by atoms with E-state index in [1.807, 2.05) is 30.9 Å². The Morgan fingerprint density at radius 3 is 2.37 bits per heavy atom. The highest BCUT2D eigenvalue weighted by Crippen LogP contribution is 2.20. The van der Waals surface area contributed by atoms with Gasteiger partial charge in [-0.25, -0.2) is 17.5 Å². The second kappa shape index (κ2) is 8.37. The van der Waals surface area contributed by atoms with Crippen molar-refractivity contribution in [2.75, 3.05) is 44.2 Å². The minimum atomic E-state index is -3.50. The number of piperazine rings is 1. The van der Waals surface area contributed by atoms with Gasteiger partial charge in [-0.15, -0.1) is 0 Å². The summed E-state index contributed by atoms with van der Waals surface area (Å²) < 4.78 is 41.4. The monoisotopic (exact) mass is 391 g/mol. The Morgan fingerprint density at radius 1 is 1.00 bits per heavy atom. The lowest BCUT2D eigenvalue weighted by atomic mass is 10.1. The number of hydrogen-bond donors (Lipinski definition) is 1. The predicted molar refractivity (Wildman–Crippen MR) is 106 cm³/mol. The molecule has 1 aliphatic heterocycles. The van der Waals surface area contributed by atoms with Gasteiger partial charge in [-0.1, -0.05) is 18.2 Å². The SMILES string of the molecule is Cc1ccc(S(=O)(=O)NCCN2CCN(c3ccccc3F)CC2)cc1C. The largest absolute Gasteiger partial charge is 0.367 e. The summed E-state index contributed by atoms with van der Waals surface area (Å²) in [4.78, 5) is 4.53. The minimum Gasteiger partial charge on any atom is -0.367 e. The zero-order chi connectivity index (χ0) is 19.4. The summed E-state index contributed by atoms with van der Waals surface area (Å²) in [6, 6.07) is 12.0. The van der Waals surface area contributed by atoms with Gasteiger partial charge >= 0.3 is 0 Å². The van der Waals surface area contributed by atoms with Crippen LogP contribution < -0.4 is 9.62 Å². The topological polar surface area (TPSA) is 52.7 Å². The first-order chi connectivity index (χ1) is 12.9. The van der Waals surface area contributed by atoms with Crippen molar-refractivity contribution in [3.05, 3.63) is 59.4 Å². The van der Waals surface area contributed by atoms with E-state index in [-0.39, 0.29) is 5.82 Å². The van der Waals surface area contributed by atoms with Crippen LogP contribution >= 0.6 is 0 Å². The quantitative estimate of drug-likeness (QED) is 0.822. The van der Waals surface area contributed by atoms with Crippen molar-refractivity contribution < 1.29 is 12.8 Å². The van der Waals surface area contributed by atoms with Crippen molar-refractivity contribution in [2.24, 2.45) is 0 Å². The van der Waals surface area contributed by atoms with Crippen molar-refractivity contribution in [3.63, 3.8) is 0 Å². The fourth-order valence-electron chi connectivity index (χ4n) is 3.22. The molecule has 0 bridgehead atoms. The van der Waals surface area contributed by atoms with Crippen LogP contribution in [0, 0.1) is 19.7 Å². The first kappa shape index (κ1) is 19.8. The van der Waals surface area contributed by atoms with E-state index in [1.54, 1.807) is 24.3 Å². The molecule has 0 radical (unpaired) electrons. The van der Waals surface area contributed by atoms with E-state index in [1.165, 1.54) is 6.07 Å². The van der Waals surface area contributed by atoms with E-state index in [0.717, 1.165) is 37.3 Å². The van der Waals surface area contributed by atoms with E-state index in [9.17, 15) is 12.8 Å². The molecule has 3 rings (SSSR count). The number of aryl methyl sites for hydroxylation is 2. The molecule has 0 saturated carbocycles. The molecule has 1 fully saturated rings. The molecule has 0 aliphatic carbocycles. The Kier molecular flexibility index (Phi) is 6.14. The van der Waals surface area contributed by atoms with Gasteiger partial charge in [0.05, 0.1) is 10.6 Å². The molecule has 1 heterocycles. The normalized spacial score (nSPS) is 15.9. The van der Waals surface area contributed by atoms with E-state index in [4.69, 9.17) is 0 Å². The highest BCUT2D eigenvalue weighted by Gasteiger charge is 2.20. The molecule has 146 valence electrons. The van der Waals surface area contributed by atoms with E-state index in [0.29, 0.717) is 23.7 Å². The molecule has 2 aromatic rings. The Hall–Kier alpha value is -1.96. The fourth-order valence-corrected chi connectivity index (χ4v) is 4.33. The Bertz CT molecular complexity index is 894. The Morgan fingerprint density at radius 2 is 1.70 bits per heavy atom. The molecule has 5 nitrogen and oxygen atoms in total. The average molecular weight is 392 g/mol. The number of rotatable bonds is 6. The summed E-state index contributed by atoms with van der Waals surface area (Å²) in [6.45, 7) is 7.86. The lowest BCUT2D eigenvalue weighted by molar-refractivity contribution is 0.261. The van der Waals surface area contributed by atoms with Gasteiger partial charge in [-0.2, -0.15) is 0 Å². The molecule has 0 unspecified atom stereocenters. The van der Waals surface area contributed by atoms with Crippen LogP contribution in [-0.4, -0.2) is 52.6 Å². The van der Waals surface area contributed by atoms with E-state index >= 15 is 0 Å². The smallest absolute Gasteiger partial charge is 0.240 e. The van der Waals surface area contributed by atoms with Crippen LogP contribution in [0.4, 0.5) is 10.1 Å². The fraction of sp³-hybridized carbons (Fsp3) is 0.400. The molecule has 7 heteroatoms. The third-order valence-corrected chi connectivity index (χ3v) is 6.53. The zero-order valence-corrected chi connectivity index (χ0v) is 16.6. The summed E-state index contributed by atoms with van der Waals surface area (Å²) in [6.07, 6.45) is 0. The van der Waals surface area contributed by atoms with Crippen LogP contribution in [0.25, 0.3) is 0 Å². The van der Waals surface area contributed by atoms with Crippen molar-refractivity contribution in [1.82, 2.24) is 9.62 Å². The molecule has 0 spiro atoms. The molecule has 1 saturated heterocycles. The summed E-state index contributed by atoms with van der Waals surface area (Å²) in [7, 11) is -3.50. The number of nitrogens with one attached hydrogen (secondary N) is 1. The maximum atomic E-state index is 13.9. The summed E-state index contributed by atoms with van der Waals surface area (Å²) in [5, 5.41) is 0. The van der Waals surface area contributed by atoms with E-state index in [2.05, 4.69) is 9.62 Å². The standard InChI is InChI=1S/C20H26FN3O2S/c1-16-7-8-18(15-17(16)2)27(25,26)22-9-10-23-11-13-24(14-12-23)20-6-4-3-5-19(20)21/h3-8,15,22H,9-14H2,1-2H3. The lowest BCUT2D eigenvalue weighted by Crippen LogP contribution is -2.48.